The van der Waals surface area contributed by atoms with Crippen molar-refractivity contribution in [1.29, 1.82) is 0 Å². The van der Waals surface area contributed by atoms with Crippen molar-refractivity contribution in [3.05, 3.63) is 42.7 Å². The summed E-state index contributed by atoms with van der Waals surface area (Å²) in [5, 5.41) is 6.86. The Kier molecular flexibility index (Phi) is 4.93. The lowest BCUT2D eigenvalue weighted by Gasteiger charge is -2.14. The summed E-state index contributed by atoms with van der Waals surface area (Å²) in [5.41, 5.74) is 1.99. The van der Waals surface area contributed by atoms with E-state index in [9.17, 15) is 9.59 Å². The third-order valence-corrected chi connectivity index (χ3v) is 3.40. The van der Waals surface area contributed by atoms with E-state index in [-0.39, 0.29) is 18.4 Å². The van der Waals surface area contributed by atoms with Crippen molar-refractivity contribution in [1.82, 2.24) is 20.0 Å². The largest absolute Gasteiger partial charge is 0.347 e. The Hall–Kier alpha value is -2.63. The van der Waals surface area contributed by atoms with Gasteiger partial charge in [-0.15, -0.1) is 0 Å². The third kappa shape index (κ3) is 3.72. The molecule has 6 heteroatoms. The Balaban J connectivity index is 2.01. The summed E-state index contributed by atoms with van der Waals surface area (Å²) in [5.74, 6) is -0.385. The lowest BCUT2D eigenvalue weighted by Crippen LogP contribution is -2.39. The predicted octanol–water partition coefficient (Wildman–Crippen LogP) is 1.32. The number of rotatable bonds is 5. The monoisotopic (exact) mass is 300 g/mol. The minimum atomic E-state index is -0.479. The van der Waals surface area contributed by atoms with Crippen molar-refractivity contribution in [2.75, 3.05) is 20.6 Å². The number of carbonyl (C=O) groups is 2. The Morgan fingerprint density at radius 3 is 2.55 bits per heavy atom. The fourth-order valence-electron chi connectivity index (χ4n) is 1.92. The van der Waals surface area contributed by atoms with Crippen LogP contribution in [0.25, 0.3) is 11.1 Å². The van der Waals surface area contributed by atoms with Crippen LogP contribution >= 0.6 is 0 Å². The topological polar surface area (TPSA) is 67.2 Å². The molecule has 0 unspecified atom stereocenters. The molecule has 0 aliphatic rings. The van der Waals surface area contributed by atoms with Gasteiger partial charge in [0.1, 0.15) is 6.04 Å². The van der Waals surface area contributed by atoms with Gasteiger partial charge in [-0.2, -0.15) is 5.10 Å². The number of nitrogens with zero attached hydrogens (tertiary/aromatic N) is 3. The van der Waals surface area contributed by atoms with E-state index in [0.717, 1.165) is 11.1 Å². The number of amides is 2. The number of aromatic nitrogens is 2. The number of benzene rings is 1. The molecule has 0 aliphatic carbocycles. The molecule has 0 saturated heterocycles. The highest BCUT2D eigenvalue weighted by Crippen LogP contribution is 2.19. The maximum absolute atomic E-state index is 12.1. The van der Waals surface area contributed by atoms with Crippen LogP contribution in [0.2, 0.25) is 0 Å². The number of hydrogen-bond donors (Lipinski definition) is 1. The van der Waals surface area contributed by atoms with Crippen LogP contribution in [0, 0.1) is 0 Å². The van der Waals surface area contributed by atoms with Gasteiger partial charge in [0.15, 0.2) is 0 Å². The molecule has 2 aromatic rings. The molecule has 1 aromatic carbocycles. The van der Waals surface area contributed by atoms with Gasteiger partial charge in [0.2, 0.25) is 11.8 Å². The van der Waals surface area contributed by atoms with Crippen LogP contribution in [-0.4, -0.2) is 47.1 Å². The van der Waals surface area contributed by atoms with E-state index in [1.165, 1.54) is 4.90 Å². The standard InChI is InChI=1S/C16H20N4O2/c1-12(16(22)17-10-15(21)19(2)3)20-11-14(9-18-20)13-7-5-4-6-8-13/h4-9,11-12H,10H2,1-3H3,(H,17,22)/t12-/m0/s1. The van der Waals surface area contributed by atoms with Gasteiger partial charge >= 0.3 is 0 Å². The Bertz CT molecular complexity index is 649. The van der Waals surface area contributed by atoms with Gasteiger partial charge < -0.3 is 10.2 Å². The zero-order valence-corrected chi connectivity index (χ0v) is 13.0. The molecule has 1 atom stereocenters. The molecule has 2 amide bonds. The SMILES string of the molecule is C[C@@H](C(=O)NCC(=O)N(C)C)n1cc(-c2ccccc2)cn1. The van der Waals surface area contributed by atoms with E-state index in [1.807, 2.05) is 36.5 Å². The van der Waals surface area contributed by atoms with Crippen molar-refractivity contribution in [3.63, 3.8) is 0 Å². The van der Waals surface area contributed by atoms with E-state index < -0.39 is 6.04 Å². The second kappa shape index (κ2) is 6.89. The fraction of sp³-hybridized carbons (Fsp3) is 0.312. The molecular weight excluding hydrogens is 280 g/mol. The molecule has 0 aliphatic heterocycles. The van der Waals surface area contributed by atoms with Crippen molar-refractivity contribution < 1.29 is 9.59 Å². The van der Waals surface area contributed by atoms with Crippen molar-refractivity contribution in [3.8, 4) is 11.1 Å². The van der Waals surface area contributed by atoms with E-state index in [0.29, 0.717) is 0 Å². The molecule has 6 nitrogen and oxygen atoms in total. The number of carbonyl (C=O) groups excluding carboxylic acids is 2. The quantitative estimate of drug-likeness (QED) is 0.905. The second-order valence-electron chi connectivity index (χ2n) is 5.26. The van der Waals surface area contributed by atoms with Crippen LogP contribution in [0.4, 0.5) is 0 Å². The first-order valence-corrected chi connectivity index (χ1v) is 7.06. The van der Waals surface area contributed by atoms with Crippen LogP contribution in [0.5, 0.6) is 0 Å². The molecule has 0 bridgehead atoms. The minimum absolute atomic E-state index is 0.0109. The van der Waals surface area contributed by atoms with Gasteiger partial charge in [0.05, 0.1) is 12.7 Å². The fourth-order valence-corrected chi connectivity index (χ4v) is 1.92. The minimum Gasteiger partial charge on any atom is -0.347 e. The molecule has 0 fully saturated rings. The Morgan fingerprint density at radius 2 is 1.91 bits per heavy atom. The highest BCUT2D eigenvalue weighted by molar-refractivity contribution is 5.86. The summed E-state index contributed by atoms with van der Waals surface area (Å²) in [4.78, 5) is 25.0. The molecule has 0 saturated carbocycles. The molecule has 22 heavy (non-hydrogen) atoms. The van der Waals surface area contributed by atoms with Crippen LogP contribution in [0.15, 0.2) is 42.7 Å². The molecule has 116 valence electrons. The molecule has 1 aromatic heterocycles. The van der Waals surface area contributed by atoms with Gasteiger partial charge in [0, 0.05) is 25.9 Å². The van der Waals surface area contributed by atoms with Crippen LogP contribution in [-0.2, 0) is 9.59 Å². The predicted molar refractivity (Wildman–Crippen MR) is 84.1 cm³/mol. The van der Waals surface area contributed by atoms with Crippen LogP contribution < -0.4 is 5.32 Å². The normalized spacial score (nSPS) is 11.8. The molecule has 1 N–H and O–H groups in total. The molecule has 1 heterocycles. The van der Waals surface area contributed by atoms with Crippen molar-refractivity contribution in [2.24, 2.45) is 0 Å². The first-order chi connectivity index (χ1) is 10.5. The maximum atomic E-state index is 12.1. The summed E-state index contributed by atoms with van der Waals surface area (Å²) in [6.45, 7) is 1.74. The summed E-state index contributed by atoms with van der Waals surface area (Å²) in [6, 6.07) is 9.35. The highest BCUT2D eigenvalue weighted by Gasteiger charge is 2.17. The summed E-state index contributed by atoms with van der Waals surface area (Å²) < 4.78 is 1.60. The molecule has 0 radical (unpaired) electrons. The molecule has 2 rings (SSSR count). The van der Waals surface area contributed by atoms with Gasteiger partial charge in [-0.05, 0) is 12.5 Å². The Morgan fingerprint density at radius 1 is 1.23 bits per heavy atom. The maximum Gasteiger partial charge on any atom is 0.245 e. The number of hydrogen-bond acceptors (Lipinski definition) is 3. The molecular formula is C16H20N4O2. The van der Waals surface area contributed by atoms with Crippen LogP contribution in [0.1, 0.15) is 13.0 Å². The summed E-state index contributed by atoms with van der Waals surface area (Å²) >= 11 is 0. The first-order valence-electron chi connectivity index (χ1n) is 7.06. The Labute approximate surface area is 129 Å². The van der Waals surface area contributed by atoms with E-state index in [1.54, 1.807) is 31.9 Å². The third-order valence-electron chi connectivity index (χ3n) is 3.40. The van der Waals surface area contributed by atoms with Gasteiger partial charge in [-0.25, -0.2) is 0 Å². The average molecular weight is 300 g/mol. The van der Waals surface area contributed by atoms with Gasteiger partial charge in [-0.1, -0.05) is 30.3 Å². The zero-order valence-electron chi connectivity index (χ0n) is 13.0. The van der Waals surface area contributed by atoms with E-state index in [2.05, 4.69) is 10.4 Å². The van der Waals surface area contributed by atoms with E-state index in [4.69, 9.17) is 0 Å². The number of likely N-dealkylation sites (N-methyl/N-ethyl adjacent to an activating group) is 1. The second-order valence-corrected chi connectivity index (χ2v) is 5.26. The smallest absolute Gasteiger partial charge is 0.245 e. The summed E-state index contributed by atoms with van der Waals surface area (Å²) in [7, 11) is 3.30. The van der Waals surface area contributed by atoms with Crippen LogP contribution in [0.3, 0.4) is 0 Å². The van der Waals surface area contributed by atoms with Crippen molar-refractivity contribution in [2.45, 2.75) is 13.0 Å². The lowest BCUT2D eigenvalue weighted by atomic mass is 10.1. The molecule has 0 spiro atoms. The van der Waals surface area contributed by atoms with Gasteiger partial charge in [0.25, 0.3) is 0 Å². The zero-order chi connectivity index (χ0) is 16.1. The van der Waals surface area contributed by atoms with Crippen molar-refractivity contribution >= 4 is 11.8 Å². The first kappa shape index (κ1) is 15.8. The lowest BCUT2D eigenvalue weighted by molar-refractivity contribution is -0.131. The number of nitrogens with one attached hydrogen (secondary N) is 1. The average Bonchev–Trinajstić information content (AvgIpc) is 3.02. The summed E-state index contributed by atoms with van der Waals surface area (Å²) in [6.07, 6.45) is 3.55. The highest BCUT2D eigenvalue weighted by atomic mass is 16.2. The van der Waals surface area contributed by atoms with E-state index >= 15 is 0 Å². The van der Waals surface area contributed by atoms with Gasteiger partial charge in [-0.3, -0.25) is 14.3 Å².